The van der Waals surface area contributed by atoms with E-state index < -0.39 is 0 Å². The smallest absolute Gasteiger partial charge is 0.0151 e. The van der Waals surface area contributed by atoms with Crippen molar-refractivity contribution in [1.82, 2.24) is 0 Å². The number of hydrogen-bond acceptors (Lipinski definition) is 2. The first kappa shape index (κ1) is 15.3. The van der Waals surface area contributed by atoms with Crippen LogP contribution in [-0.4, -0.2) is 11.1 Å². The summed E-state index contributed by atoms with van der Waals surface area (Å²) in [6.07, 6.45) is 14.2. The number of nitrogens with two attached hydrogens (primary N) is 2. The molecule has 19 heavy (non-hydrogen) atoms. The third-order valence-corrected chi connectivity index (χ3v) is 6.28. The molecule has 0 atom stereocenters. The lowest BCUT2D eigenvalue weighted by Crippen LogP contribution is -2.44. The minimum Gasteiger partial charge on any atom is -0.325 e. The van der Waals surface area contributed by atoms with E-state index in [0.29, 0.717) is 0 Å². The van der Waals surface area contributed by atoms with Gasteiger partial charge >= 0.3 is 0 Å². The molecule has 2 saturated carbocycles. The Hall–Kier alpha value is -0.0800. The van der Waals surface area contributed by atoms with Gasteiger partial charge < -0.3 is 11.5 Å². The van der Waals surface area contributed by atoms with Gasteiger partial charge in [-0.15, -0.1) is 0 Å². The molecule has 0 bridgehead atoms. The summed E-state index contributed by atoms with van der Waals surface area (Å²) in [5.41, 5.74) is 13.1. The molecule has 0 aromatic rings. The lowest BCUT2D eigenvalue weighted by atomic mass is 9.69. The molecule has 112 valence electrons. The third-order valence-electron chi connectivity index (χ3n) is 6.28. The van der Waals surface area contributed by atoms with E-state index in [1.165, 1.54) is 57.8 Å². The summed E-state index contributed by atoms with van der Waals surface area (Å²) in [7, 11) is 0. The van der Waals surface area contributed by atoms with Gasteiger partial charge in [-0.05, 0) is 82.5 Å². The van der Waals surface area contributed by atoms with Gasteiger partial charge in [0, 0.05) is 11.1 Å². The van der Waals surface area contributed by atoms with Gasteiger partial charge in [0.1, 0.15) is 0 Å². The first-order valence-electron chi connectivity index (χ1n) is 8.56. The van der Waals surface area contributed by atoms with Crippen LogP contribution in [0.3, 0.4) is 0 Å². The fraction of sp³-hybridized carbons (Fsp3) is 1.00. The second-order valence-electron chi connectivity index (χ2n) is 7.55. The fourth-order valence-corrected chi connectivity index (χ4v) is 4.15. The van der Waals surface area contributed by atoms with Crippen LogP contribution < -0.4 is 11.5 Å². The molecule has 2 fully saturated rings. The summed E-state index contributed by atoms with van der Waals surface area (Å²) in [5.74, 6) is 1.89. The maximum Gasteiger partial charge on any atom is 0.0151 e. The molecule has 0 spiro atoms. The van der Waals surface area contributed by atoms with E-state index in [0.717, 1.165) is 24.7 Å². The molecule has 4 N–H and O–H groups in total. The van der Waals surface area contributed by atoms with Crippen LogP contribution >= 0.6 is 0 Å². The van der Waals surface area contributed by atoms with Gasteiger partial charge in [-0.2, -0.15) is 0 Å². The van der Waals surface area contributed by atoms with E-state index >= 15 is 0 Å². The van der Waals surface area contributed by atoms with Crippen molar-refractivity contribution in [3.8, 4) is 0 Å². The van der Waals surface area contributed by atoms with Crippen molar-refractivity contribution >= 4 is 0 Å². The van der Waals surface area contributed by atoms with Gasteiger partial charge in [0.15, 0.2) is 0 Å². The average Bonchev–Trinajstić information content (AvgIpc) is 2.44. The highest BCUT2D eigenvalue weighted by Crippen LogP contribution is 2.40. The molecule has 0 saturated heterocycles. The van der Waals surface area contributed by atoms with Crippen LogP contribution in [0.4, 0.5) is 0 Å². The Morgan fingerprint density at radius 3 is 1.32 bits per heavy atom. The van der Waals surface area contributed by atoms with Gasteiger partial charge in [-0.1, -0.05) is 13.8 Å². The van der Waals surface area contributed by atoms with E-state index in [-0.39, 0.29) is 11.1 Å². The van der Waals surface area contributed by atoms with E-state index in [1.54, 1.807) is 0 Å². The minimum atomic E-state index is 0.164. The highest BCUT2D eigenvalue weighted by Gasteiger charge is 2.34. The number of rotatable bonds is 4. The Morgan fingerprint density at radius 1 is 0.737 bits per heavy atom. The Labute approximate surface area is 119 Å². The van der Waals surface area contributed by atoms with E-state index in [1.807, 2.05) is 0 Å². The van der Waals surface area contributed by atoms with Crippen LogP contribution in [-0.2, 0) is 0 Å². The van der Waals surface area contributed by atoms with Crippen LogP contribution in [0.1, 0.15) is 84.5 Å². The number of hydrogen-bond donors (Lipinski definition) is 2. The predicted octanol–water partition coefficient (Wildman–Crippen LogP) is 3.97. The normalized spacial score (nSPS) is 44.2. The van der Waals surface area contributed by atoms with Crippen molar-refractivity contribution in [1.29, 1.82) is 0 Å². The summed E-state index contributed by atoms with van der Waals surface area (Å²) in [6, 6.07) is 0. The molecule has 2 rings (SSSR count). The molecule has 0 aromatic heterocycles. The summed E-state index contributed by atoms with van der Waals surface area (Å²) >= 11 is 0. The molecular weight excluding hydrogens is 232 g/mol. The van der Waals surface area contributed by atoms with Gasteiger partial charge in [-0.3, -0.25) is 0 Å². The maximum atomic E-state index is 6.39. The summed E-state index contributed by atoms with van der Waals surface area (Å²) in [5, 5.41) is 0. The standard InChI is InChI=1S/C17H34N2/c1-3-16(18)9-5-14(6-10-16)13-15-7-11-17(19,4-2)12-8-15/h14-15H,3-13,18-19H2,1-2H3. The maximum absolute atomic E-state index is 6.39. The zero-order valence-electron chi connectivity index (χ0n) is 13.1. The quantitative estimate of drug-likeness (QED) is 0.809. The van der Waals surface area contributed by atoms with E-state index in [4.69, 9.17) is 11.5 Å². The monoisotopic (exact) mass is 266 g/mol. The van der Waals surface area contributed by atoms with Crippen LogP contribution in [0.5, 0.6) is 0 Å². The molecule has 2 aliphatic carbocycles. The van der Waals surface area contributed by atoms with Crippen LogP contribution in [0.2, 0.25) is 0 Å². The van der Waals surface area contributed by atoms with Gasteiger partial charge in [0.05, 0.1) is 0 Å². The van der Waals surface area contributed by atoms with Gasteiger partial charge in [0.2, 0.25) is 0 Å². The highest BCUT2D eigenvalue weighted by atomic mass is 14.7. The molecular formula is C17H34N2. The summed E-state index contributed by atoms with van der Waals surface area (Å²) in [6.45, 7) is 4.49. The first-order chi connectivity index (χ1) is 8.99. The largest absolute Gasteiger partial charge is 0.325 e. The average molecular weight is 266 g/mol. The topological polar surface area (TPSA) is 52.0 Å². The lowest BCUT2D eigenvalue weighted by molar-refractivity contribution is 0.162. The van der Waals surface area contributed by atoms with Crippen molar-refractivity contribution in [3.05, 3.63) is 0 Å². The highest BCUT2D eigenvalue weighted by molar-refractivity contribution is 4.92. The summed E-state index contributed by atoms with van der Waals surface area (Å²) in [4.78, 5) is 0. The van der Waals surface area contributed by atoms with Gasteiger partial charge in [0.25, 0.3) is 0 Å². The zero-order valence-corrected chi connectivity index (χ0v) is 13.1. The predicted molar refractivity (Wildman–Crippen MR) is 83.0 cm³/mol. The Bertz CT molecular complexity index is 243. The van der Waals surface area contributed by atoms with Crippen molar-refractivity contribution in [2.45, 2.75) is 95.6 Å². The van der Waals surface area contributed by atoms with Crippen molar-refractivity contribution in [2.75, 3.05) is 0 Å². The first-order valence-corrected chi connectivity index (χ1v) is 8.56. The molecule has 0 aromatic carbocycles. The SMILES string of the molecule is CCC1(N)CCC(CC2CCC(N)(CC)CC2)CC1. The van der Waals surface area contributed by atoms with Crippen LogP contribution in [0.25, 0.3) is 0 Å². The fourth-order valence-electron chi connectivity index (χ4n) is 4.15. The van der Waals surface area contributed by atoms with Crippen molar-refractivity contribution in [2.24, 2.45) is 23.3 Å². The van der Waals surface area contributed by atoms with E-state index in [2.05, 4.69) is 13.8 Å². The van der Waals surface area contributed by atoms with Gasteiger partial charge in [-0.25, -0.2) is 0 Å². The Balaban J connectivity index is 1.73. The molecule has 0 unspecified atom stereocenters. The lowest BCUT2D eigenvalue weighted by Gasteiger charge is -2.40. The van der Waals surface area contributed by atoms with Crippen LogP contribution in [0, 0.1) is 11.8 Å². The molecule has 0 heterocycles. The molecule has 0 amide bonds. The van der Waals surface area contributed by atoms with Crippen LogP contribution in [0.15, 0.2) is 0 Å². The zero-order chi connectivity index (χ0) is 13.9. The third kappa shape index (κ3) is 3.95. The molecule has 2 heteroatoms. The minimum absolute atomic E-state index is 0.164. The molecule has 0 radical (unpaired) electrons. The molecule has 2 aliphatic rings. The van der Waals surface area contributed by atoms with Crippen molar-refractivity contribution < 1.29 is 0 Å². The Morgan fingerprint density at radius 2 is 1.05 bits per heavy atom. The Kier molecular flexibility index (Phi) is 4.94. The van der Waals surface area contributed by atoms with E-state index in [9.17, 15) is 0 Å². The summed E-state index contributed by atoms with van der Waals surface area (Å²) < 4.78 is 0. The molecule has 2 nitrogen and oxygen atoms in total. The second-order valence-corrected chi connectivity index (χ2v) is 7.55. The van der Waals surface area contributed by atoms with Crippen molar-refractivity contribution in [3.63, 3.8) is 0 Å². The second kappa shape index (κ2) is 6.13. The molecule has 0 aliphatic heterocycles.